The highest BCUT2D eigenvalue weighted by Gasteiger charge is 2.53. The molecule has 3 rings (SSSR count). The van der Waals surface area contributed by atoms with E-state index in [9.17, 15) is 0 Å². The van der Waals surface area contributed by atoms with E-state index in [2.05, 4.69) is 68.7 Å². The maximum Gasteiger partial charge on any atom is 0.494 e. The van der Waals surface area contributed by atoms with Crippen molar-refractivity contribution in [3.63, 3.8) is 0 Å². The summed E-state index contributed by atoms with van der Waals surface area (Å²) in [5.74, 6) is 0. The molecule has 2 fully saturated rings. The Morgan fingerprint density at radius 1 is 0.923 bits per heavy atom. The Morgan fingerprint density at radius 2 is 1.58 bits per heavy atom. The normalized spacial score (nSPS) is 26.5. The van der Waals surface area contributed by atoms with E-state index < -0.39 is 0 Å². The average molecular weight is 358 g/mol. The van der Waals surface area contributed by atoms with Crippen LogP contribution in [0.4, 0.5) is 5.69 Å². The van der Waals surface area contributed by atoms with Gasteiger partial charge in [0.05, 0.1) is 11.2 Å². The van der Waals surface area contributed by atoms with Gasteiger partial charge in [0.25, 0.3) is 0 Å². The van der Waals surface area contributed by atoms with Gasteiger partial charge in [0, 0.05) is 31.9 Å². The predicted octanol–water partition coefficient (Wildman–Crippen LogP) is 3.30. The van der Waals surface area contributed by atoms with Crippen LogP contribution in [-0.4, -0.2) is 55.9 Å². The van der Waals surface area contributed by atoms with E-state index >= 15 is 0 Å². The molecule has 5 heteroatoms. The van der Waals surface area contributed by atoms with Gasteiger partial charge in [0.1, 0.15) is 0 Å². The Balaban J connectivity index is 1.64. The van der Waals surface area contributed by atoms with Gasteiger partial charge in [-0.05, 0) is 57.8 Å². The second kappa shape index (κ2) is 7.91. The number of anilines is 1. The van der Waals surface area contributed by atoms with Crippen LogP contribution in [0.25, 0.3) is 0 Å². The monoisotopic (exact) mass is 358 g/mol. The van der Waals surface area contributed by atoms with Crippen molar-refractivity contribution >= 4 is 18.3 Å². The van der Waals surface area contributed by atoms with Crippen LogP contribution in [0.2, 0.25) is 0 Å². The zero-order valence-corrected chi connectivity index (χ0v) is 17.3. The second-order valence-electron chi connectivity index (χ2n) is 8.48. The topological polar surface area (TPSA) is 24.9 Å². The molecule has 1 unspecified atom stereocenters. The van der Waals surface area contributed by atoms with Gasteiger partial charge >= 0.3 is 7.12 Å². The third kappa shape index (κ3) is 3.95. The van der Waals surface area contributed by atoms with Crippen molar-refractivity contribution in [2.45, 2.75) is 65.1 Å². The first-order valence-corrected chi connectivity index (χ1v) is 10.3. The van der Waals surface area contributed by atoms with Gasteiger partial charge in [-0.15, -0.1) is 0 Å². The molecule has 1 atom stereocenters. The first kappa shape index (κ1) is 19.7. The highest BCUT2D eigenvalue weighted by Crippen LogP contribution is 2.40. The lowest BCUT2D eigenvalue weighted by molar-refractivity contribution is -0.0159. The van der Waals surface area contributed by atoms with Crippen LogP contribution >= 0.6 is 0 Å². The molecule has 144 valence electrons. The standard InChI is InChI=1S/C21H35BN2O2/c1-6-12-21(5)20(3,4)25-22(26-21)18-8-10-19(11-9-18)24-16-14-23(13-7-2)15-17-24/h8-11H,6-7,12-17H2,1-5H3. The van der Waals surface area contributed by atoms with Crippen molar-refractivity contribution in [1.29, 1.82) is 0 Å². The van der Waals surface area contributed by atoms with E-state index in [1.807, 2.05) is 0 Å². The molecule has 0 bridgehead atoms. The van der Waals surface area contributed by atoms with Gasteiger partial charge < -0.3 is 14.2 Å². The van der Waals surface area contributed by atoms with Crippen LogP contribution in [0.5, 0.6) is 0 Å². The van der Waals surface area contributed by atoms with Crippen molar-refractivity contribution in [1.82, 2.24) is 4.90 Å². The lowest BCUT2D eigenvalue weighted by Crippen LogP contribution is -2.46. The molecule has 0 N–H and O–H groups in total. The van der Waals surface area contributed by atoms with Crippen LogP contribution < -0.4 is 10.4 Å². The van der Waals surface area contributed by atoms with Gasteiger partial charge in [-0.2, -0.15) is 0 Å². The minimum absolute atomic E-state index is 0.235. The third-order valence-electron chi connectivity index (χ3n) is 6.21. The molecular formula is C21H35BN2O2. The summed E-state index contributed by atoms with van der Waals surface area (Å²) in [7, 11) is -0.267. The van der Waals surface area contributed by atoms with E-state index in [-0.39, 0.29) is 18.3 Å². The lowest BCUT2D eigenvalue weighted by atomic mass is 9.79. The quantitative estimate of drug-likeness (QED) is 0.729. The molecule has 0 spiro atoms. The molecule has 2 aliphatic heterocycles. The molecule has 0 radical (unpaired) electrons. The van der Waals surface area contributed by atoms with Crippen molar-refractivity contribution in [3.8, 4) is 0 Å². The molecular weight excluding hydrogens is 323 g/mol. The van der Waals surface area contributed by atoms with E-state index in [4.69, 9.17) is 9.31 Å². The predicted molar refractivity (Wildman–Crippen MR) is 110 cm³/mol. The fourth-order valence-corrected chi connectivity index (χ4v) is 4.16. The molecule has 0 aromatic heterocycles. The number of nitrogens with zero attached hydrogens (tertiary/aromatic N) is 2. The fraction of sp³-hybridized carbons (Fsp3) is 0.714. The Labute approximate surface area is 160 Å². The summed E-state index contributed by atoms with van der Waals surface area (Å²) in [5.41, 5.74) is 1.91. The molecule has 1 aromatic rings. The summed E-state index contributed by atoms with van der Waals surface area (Å²) in [4.78, 5) is 5.04. The number of hydrogen-bond donors (Lipinski definition) is 0. The largest absolute Gasteiger partial charge is 0.494 e. The maximum absolute atomic E-state index is 6.37. The summed E-state index contributed by atoms with van der Waals surface area (Å²) >= 11 is 0. The van der Waals surface area contributed by atoms with Gasteiger partial charge in [-0.3, -0.25) is 4.90 Å². The molecule has 4 nitrogen and oxygen atoms in total. The van der Waals surface area contributed by atoms with Crippen molar-refractivity contribution in [3.05, 3.63) is 24.3 Å². The zero-order chi connectivity index (χ0) is 18.8. The van der Waals surface area contributed by atoms with E-state index in [0.29, 0.717) is 0 Å². The number of rotatable bonds is 6. The summed E-state index contributed by atoms with van der Waals surface area (Å²) in [5, 5.41) is 0. The first-order valence-electron chi connectivity index (χ1n) is 10.3. The Kier molecular flexibility index (Phi) is 6.00. The highest BCUT2D eigenvalue weighted by atomic mass is 16.7. The van der Waals surface area contributed by atoms with Crippen LogP contribution in [0.1, 0.15) is 53.9 Å². The fourth-order valence-electron chi connectivity index (χ4n) is 4.16. The third-order valence-corrected chi connectivity index (χ3v) is 6.21. The molecule has 1 aromatic carbocycles. The van der Waals surface area contributed by atoms with Crippen LogP contribution in [0, 0.1) is 0 Å². The van der Waals surface area contributed by atoms with E-state index in [1.165, 1.54) is 18.7 Å². The summed E-state index contributed by atoms with van der Waals surface area (Å²) in [6.07, 6.45) is 3.35. The Hall–Kier alpha value is -1.04. The lowest BCUT2D eigenvalue weighted by Gasteiger charge is -2.36. The Bertz CT molecular complexity index is 584. The molecule has 0 aliphatic carbocycles. The molecule has 0 saturated carbocycles. The van der Waals surface area contributed by atoms with Gasteiger partial charge in [0.2, 0.25) is 0 Å². The molecule has 2 aliphatic rings. The number of benzene rings is 1. The van der Waals surface area contributed by atoms with Gasteiger partial charge in [-0.1, -0.05) is 32.4 Å². The zero-order valence-electron chi connectivity index (χ0n) is 17.3. The second-order valence-corrected chi connectivity index (χ2v) is 8.48. The highest BCUT2D eigenvalue weighted by molar-refractivity contribution is 6.62. The number of hydrogen-bond acceptors (Lipinski definition) is 4. The van der Waals surface area contributed by atoms with Gasteiger partial charge in [0.15, 0.2) is 0 Å². The summed E-state index contributed by atoms with van der Waals surface area (Å²) in [6, 6.07) is 8.79. The van der Waals surface area contributed by atoms with Crippen LogP contribution in [-0.2, 0) is 9.31 Å². The first-order chi connectivity index (χ1) is 12.4. The summed E-state index contributed by atoms with van der Waals surface area (Å²) in [6.45, 7) is 16.7. The van der Waals surface area contributed by atoms with Crippen LogP contribution in [0.15, 0.2) is 24.3 Å². The smallest absolute Gasteiger partial charge is 0.399 e. The Morgan fingerprint density at radius 3 is 2.15 bits per heavy atom. The van der Waals surface area contributed by atoms with Gasteiger partial charge in [-0.25, -0.2) is 0 Å². The van der Waals surface area contributed by atoms with Crippen molar-refractivity contribution < 1.29 is 9.31 Å². The maximum atomic E-state index is 6.37. The minimum atomic E-state index is -0.276. The molecule has 2 heterocycles. The average Bonchev–Trinajstić information content (AvgIpc) is 2.86. The summed E-state index contributed by atoms with van der Waals surface area (Å²) < 4.78 is 12.7. The number of piperazine rings is 1. The molecule has 2 saturated heterocycles. The van der Waals surface area contributed by atoms with Crippen molar-refractivity contribution in [2.75, 3.05) is 37.6 Å². The minimum Gasteiger partial charge on any atom is -0.399 e. The SMILES string of the molecule is CCCN1CCN(c2ccc(B3OC(C)(C)C(C)(CCC)O3)cc2)CC1. The molecule has 26 heavy (non-hydrogen) atoms. The van der Waals surface area contributed by atoms with E-state index in [1.54, 1.807) is 0 Å². The van der Waals surface area contributed by atoms with E-state index in [0.717, 1.165) is 44.5 Å². The van der Waals surface area contributed by atoms with Crippen molar-refractivity contribution in [2.24, 2.45) is 0 Å². The molecule has 0 amide bonds. The van der Waals surface area contributed by atoms with Crippen LogP contribution in [0.3, 0.4) is 0 Å².